The molecule has 1 aromatic rings. The lowest BCUT2D eigenvalue weighted by Gasteiger charge is -2.21. The number of benzene rings is 1. The van der Waals surface area contributed by atoms with Gasteiger partial charge in [-0.15, -0.1) is 0 Å². The number of amides is 2. The zero-order valence-electron chi connectivity index (χ0n) is 12.7. The minimum absolute atomic E-state index is 0.00708. The molecule has 4 nitrogen and oxygen atoms in total. The molecular formula is C16H23BrN2O2. The summed E-state index contributed by atoms with van der Waals surface area (Å²) in [6, 6.07) is 7.52. The van der Waals surface area contributed by atoms with Crippen LogP contribution in [0.1, 0.15) is 39.5 Å². The number of halogens is 1. The Morgan fingerprint density at radius 1 is 1.29 bits per heavy atom. The molecule has 1 aromatic carbocycles. The number of rotatable bonds is 8. The van der Waals surface area contributed by atoms with E-state index in [1.54, 1.807) is 4.90 Å². The van der Waals surface area contributed by atoms with Crippen molar-refractivity contribution in [2.45, 2.75) is 39.5 Å². The largest absolute Gasteiger partial charge is 0.356 e. The Bertz CT molecular complexity index is 477. The van der Waals surface area contributed by atoms with Crippen molar-refractivity contribution in [3.05, 3.63) is 28.7 Å². The lowest BCUT2D eigenvalue weighted by atomic mass is 10.2. The third-order valence-corrected chi connectivity index (χ3v) is 3.66. The molecule has 0 saturated carbocycles. The van der Waals surface area contributed by atoms with Crippen molar-refractivity contribution in [3.8, 4) is 0 Å². The number of carbonyl (C=O) groups excluding carboxylic acids is 2. The van der Waals surface area contributed by atoms with Crippen molar-refractivity contribution in [2.24, 2.45) is 0 Å². The Kier molecular flexibility index (Phi) is 8.05. The second-order valence-corrected chi connectivity index (χ2v) is 5.87. The molecule has 5 heteroatoms. The van der Waals surface area contributed by atoms with Crippen LogP contribution in [0.3, 0.4) is 0 Å². The zero-order valence-corrected chi connectivity index (χ0v) is 14.3. The van der Waals surface area contributed by atoms with Gasteiger partial charge in [0.25, 0.3) is 0 Å². The van der Waals surface area contributed by atoms with Gasteiger partial charge in [-0.3, -0.25) is 9.59 Å². The standard InChI is InChI=1S/C16H23BrN2O2/c1-3-4-5-10-18-16(21)9-11-19(13(2)20)15-8-6-7-14(17)12-15/h6-8,12H,3-5,9-11H2,1-2H3,(H,18,21). The first-order chi connectivity index (χ1) is 10.0. The second-order valence-electron chi connectivity index (χ2n) is 4.96. The monoisotopic (exact) mass is 354 g/mol. The first-order valence-electron chi connectivity index (χ1n) is 7.35. The first-order valence-corrected chi connectivity index (χ1v) is 8.14. The number of carbonyl (C=O) groups is 2. The molecule has 2 amide bonds. The number of hydrogen-bond donors (Lipinski definition) is 1. The molecule has 0 spiro atoms. The maximum absolute atomic E-state index is 11.8. The molecule has 0 aliphatic rings. The topological polar surface area (TPSA) is 49.4 Å². The highest BCUT2D eigenvalue weighted by molar-refractivity contribution is 9.10. The number of unbranched alkanes of at least 4 members (excludes halogenated alkanes) is 2. The fraction of sp³-hybridized carbons (Fsp3) is 0.500. The third-order valence-electron chi connectivity index (χ3n) is 3.16. The molecule has 0 unspecified atom stereocenters. The van der Waals surface area contributed by atoms with E-state index in [1.807, 2.05) is 24.3 Å². The molecule has 1 N–H and O–H groups in total. The molecule has 1 rings (SSSR count). The van der Waals surface area contributed by atoms with Gasteiger partial charge in [0.1, 0.15) is 0 Å². The lowest BCUT2D eigenvalue weighted by molar-refractivity contribution is -0.121. The van der Waals surface area contributed by atoms with E-state index in [0.29, 0.717) is 19.5 Å². The minimum Gasteiger partial charge on any atom is -0.356 e. The fourth-order valence-electron chi connectivity index (χ4n) is 2.02. The van der Waals surface area contributed by atoms with Crippen LogP contribution >= 0.6 is 15.9 Å². The van der Waals surface area contributed by atoms with Crippen LogP contribution in [0.5, 0.6) is 0 Å². The summed E-state index contributed by atoms with van der Waals surface area (Å²) in [4.78, 5) is 25.1. The molecule has 0 radical (unpaired) electrons. The van der Waals surface area contributed by atoms with Crippen LogP contribution in [-0.4, -0.2) is 24.9 Å². The molecule has 0 fully saturated rings. The van der Waals surface area contributed by atoms with E-state index in [-0.39, 0.29) is 11.8 Å². The van der Waals surface area contributed by atoms with Gasteiger partial charge < -0.3 is 10.2 Å². The number of hydrogen-bond acceptors (Lipinski definition) is 2. The third kappa shape index (κ3) is 6.76. The SMILES string of the molecule is CCCCCNC(=O)CCN(C(C)=O)c1cccc(Br)c1. The van der Waals surface area contributed by atoms with E-state index in [9.17, 15) is 9.59 Å². The fourth-order valence-corrected chi connectivity index (χ4v) is 2.40. The van der Waals surface area contributed by atoms with Gasteiger partial charge in [0, 0.05) is 36.6 Å². The summed E-state index contributed by atoms with van der Waals surface area (Å²) < 4.78 is 0.912. The lowest BCUT2D eigenvalue weighted by Crippen LogP contribution is -2.34. The zero-order chi connectivity index (χ0) is 15.7. The Morgan fingerprint density at radius 2 is 2.05 bits per heavy atom. The van der Waals surface area contributed by atoms with Gasteiger partial charge in [0.15, 0.2) is 0 Å². The number of anilines is 1. The van der Waals surface area contributed by atoms with Crippen molar-refractivity contribution < 1.29 is 9.59 Å². The molecule has 116 valence electrons. The maximum Gasteiger partial charge on any atom is 0.223 e. The van der Waals surface area contributed by atoms with Gasteiger partial charge in [-0.1, -0.05) is 41.8 Å². The van der Waals surface area contributed by atoms with Gasteiger partial charge in [0.05, 0.1) is 0 Å². The second kappa shape index (κ2) is 9.55. The summed E-state index contributed by atoms with van der Waals surface area (Å²) in [5.74, 6) is -0.0702. The Hall–Kier alpha value is -1.36. The Morgan fingerprint density at radius 3 is 2.67 bits per heavy atom. The van der Waals surface area contributed by atoms with Gasteiger partial charge >= 0.3 is 0 Å². The summed E-state index contributed by atoms with van der Waals surface area (Å²) in [6.45, 7) is 4.75. The van der Waals surface area contributed by atoms with Gasteiger partial charge in [-0.05, 0) is 24.6 Å². The van der Waals surface area contributed by atoms with E-state index < -0.39 is 0 Å². The van der Waals surface area contributed by atoms with Crippen molar-refractivity contribution in [2.75, 3.05) is 18.0 Å². The molecular weight excluding hydrogens is 332 g/mol. The number of nitrogens with zero attached hydrogens (tertiary/aromatic N) is 1. The van der Waals surface area contributed by atoms with E-state index in [0.717, 1.165) is 29.4 Å². The van der Waals surface area contributed by atoms with E-state index >= 15 is 0 Å². The highest BCUT2D eigenvalue weighted by atomic mass is 79.9. The van der Waals surface area contributed by atoms with E-state index in [4.69, 9.17) is 0 Å². The van der Waals surface area contributed by atoms with Crippen LogP contribution in [0.4, 0.5) is 5.69 Å². The molecule has 21 heavy (non-hydrogen) atoms. The summed E-state index contributed by atoms with van der Waals surface area (Å²) >= 11 is 3.39. The average Bonchev–Trinajstić information content (AvgIpc) is 2.43. The smallest absolute Gasteiger partial charge is 0.223 e. The normalized spacial score (nSPS) is 10.2. The van der Waals surface area contributed by atoms with Gasteiger partial charge in [-0.2, -0.15) is 0 Å². The predicted molar refractivity (Wildman–Crippen MR) is 89.3 cm³/mol. The van der Waals surface area contributed by atoms with Crippen LogP contribution in [0.15, 0.2) is 28.7 Å². The van der Waals surface area contributed by atoms with Crippen molar-refractivity contribution >= 4 is 33.4 Å². The first kappa shape index (κ1) is 17.7. The van der Waals surface area contributed by atoms with Gasteiger partial charge in [-0.25, -0.2) is 0 Å². The molecule has 0 aliphatic carbocycles. The quantitative estimate of drug-likeness (QED) is 0.726. The average molecular weight is 355 g/mol. The van der Waals surface area contributed by atoms with Crippen LogP contribution < -0.4 is 10.2 Å². The van der Waals surface area contributed by atoms with Crippen LogP contribution in [-0.2, 0) is 9.59 Å². The van der Waals surface area contributed by atoms with E-state index in [2.05, 4.69) is 28.2 Å². The summed E-state index contributed by atoms with van der Waals surface area (Å²) in [7, 11) is 0. The highest BCUT2D eigenvalue weighted by Crippen LogP contribution is 2.20. The molecule has 0 bridgehead atoms. The van der Waals surface area contributed by atoms with Crippen molar-refractivity contribution in [1.82, 2.24) is 5.32 Å². The van der Waals surface area contributed by atoms with Crippen LogP contribution in [0.2, 0.25) is 0 Å². The van der Waals surface area contributed by atoms with Crippen molar-refractivity contribution in [3.63, 3.8) is 0 Å². The summed E-state index contributed by atoms with van der Waals surface area (Å²) in [5, 5.41) is 2.89. The van der Waals surface area contributed by atoms with Crippen LogP contribution in [0, 0.1) is 0 Å². The van der Waals surface area contributed by atoms with E-state index in [1.165, 1.54) is 6.92 Å². The predicted octanol–water partition coefficient (Wildman–Crippen LogP) is 3.50. The summed E-state index contributed by atoms with van der Waals surface area (Å²) in [6.07, 6.45) is 3.58. The Balaban J connectivity index is 2.49. The molecule has 0 aliphatic heterocycles. The summed E-state index contributed by atoms with van der Waals surface area (Å²) in [5.41, 5.74) is 0.802. The van der Waals surface area contributed by atoms with Gasteiger partial charge in [0.2, 0.25) is 11.8 Å². The number of nitrogens with one attached hydrogen (secondary N) is 1. The molecule has 0 atom stereocenters. The van der Waals surface area contributed by atoms with Crippen molar-refractivity contribution in [1.29, 1.82) is 0 Å². The molecule has 0 aromatic heterocycles. The molecule has 0 saturated heterocycles. The minimum atomic E-state index is -0.0631. The highest BCUT2D eigenvalue weighted by Gasteiger charge is 2.13. The Labute approximate surface area is 135 Å². The molecule has 0 heterocycles. The van der Waals surface area contributed by atoms with Crippen LogP contribution in [0.25, 0.3) is 0 Å². The maximum atomic E-state index is 11.8.